The molecule has 0 radical (unpaired) electrons. The van der Waals surface area contributed by atoms with Crippen LogP contribution in [0.4, 0.5) is 0 Å². The van der Waals surface area contributed by atoms with E-state index in [-0.39, 0.29) is 17.8 Å². The molecule has 0 N–H and O–H groups in total. The quantitative estimate of drug-likeness (QED) is 0.765. The van der Waals surface area contributed by atoms with E-state index in [0.717, 1.165) is 18.6 Å². The summed E-state index contributed by atoms with van der Waals surface area (Å²) < 4.78 is 10.8. The maximum absolute atomic E-state index is 12.7. The summed E-state index contributed by atoms with van der Waals surface area (Å²) in [6.07, 6.45) is 1.58. The summed E-state index contributed by atoms with van der Waals surface area (Å²) in [6.45, 7) is 3.24. The first-order valence-electron chi connectivity index (χ1n) is 8.96. The molecule has 1 unspecified atom stereocenters. The van der Waals surface area contributed by atoms with E-state index < -0.39 is 0 Å². The predicted octanol–water partition coefficient (Wildman–Crippen LogP) is 3.89. The largest absolute Gasteiger partial charge is 0.466 e. The van der Waals surface area contributed by atoms with E-state index in [4.69, 9.17) is 9.47 Å². The minimum atomic E-state index is -0.228. The first kappa shape index (κ1) is 18.0. The lowest BCUT2D eigenvalue weighted by Gasteiger charge is -2.31. The maximum Gasteiger partial charge on any atom is 0.310 e. The zero-order valence-electron chi connectivity index (χ0n) is 14.9. The molecule has 5 nitrogen and oxygen atoms in total. The normalized spacial score (nSPS) is 16.8. The third kappa shape index (κ3) is 4.42. The van der Waals surface area contributed by atoms with Gasteiger partial charge in [0.1, 0.15) is 11.5 Å². The number of para-hydroxylation sites is 1. The highest BCUT2D eigenvalue weighted by molar-refractivity contribution is 5.94. The summed E-state index contributed by atoms with van der Waals surface area (Å²) in [7, 11) is 0. The highest BCUT2D eigenvalue weighted by Crippen LogP contribution is 2.23. The molecule has 1 atom stereocenters. The third-order valence-corrected chi connectivity index (χ3v) is 4.41. The Balaban J connectivity index is 1.63. The molecule has 0 bridgehead atoms. The number of ether oxygens (including phenoxy) is 2. The Hall–Kier alpha value is -2.82. The minimum absolute atomic E-state index is 0.0646. The minimum Gasteiger partial charge on any atom is -0.466 e. The zero-order chi connectivity index (χ0) is 18.4. The molecule has 1 aliphatic heterocycles. The van der Waals surface area contributed by atoms with Crippen molar-refractivity contribution in [1.29, 1.82) is 0 Å². The summed E-state index contributed by atoms with van der Waals surface area (Å²) in [5.41, 5.74) is 0.593. The van der Waals surface area contributed by atoms with Gasteiger partial charge in [0.2, 0.25) is 0 Å². The van der Waals surface area contributed by atoms with E-state index in [9.17, 15) is 9.59 Å². The highest BCUT2D eigenvalue weighted by Gasteiger charge is 2.29. The lowest BCUT2D eigenvalue weighted by molar-refractivity contribution is -0.149. The molecule has 26 heavy (non-hydrogen) atoms. The van der Waals surface area contributed by atoms with Gasteiger partial charge in [-0.1, -0.05) is 18.2 Å². The SMILES string of the molecule is CCOC(=O)C1CCCN(C(=O)c2ccc(Oc3ccccc3)cc2)C1. The van der Waals surface area contributed by atoms with Crippen LogP contribution in [0.15, 0.2) is 54.6 Å². The smallest absolute Gasteiger partial charge is 0.310 e. The Morgan fingerprint density at radius 3 is 2.42 bits per heavy atom. The Kier molecular flexibility index (Phi) is 5.89. The van der Waals surface area contributed by atoms with E-state index >= 15 is 0 Å². The van der Waals surface area contributed by atoms with Crippen molar-refractivity contribution >= 4 is 11.9 Å². The first-order chi connectivity index (χ1) is 12.7. The summed E-state index contributed by atoms with van der Waals surface area (Å²) in [6, 6.07) is 16.6. The average Bonchev–Trinajstić information content (AvgIpc) is 2.69. The molecule has 3 rings (SSSR count). The van der Waals surface area contributed by atoms with Gasteiger partial charge in [-0.3, -0.25) is 9.59 Å². The number of likely N-dealkylation sites (tertiary alicyclic amines) is 1. The van der Waals surface area contributed by atoms with Crippen molar-refractivity contribution < 1.29 is 19.1 Å². The van der Waals surface area contributed by atoms with Crippen molar-refractivity contribution in [2.24, 2.45) is 5.92 Å². The molecular formula is C21H23NO4. The Bertz CT molecular complexity index is 742. The van der Waals surface area contributed by atoms with Crippen LogP contribution in [0.25, 0.3) is 0 Å². The van der Waals surface area contributed by atoms with Crippen LogP contribution in [-0.4, -0.2) is 36.5 Å². The molecule has 1 saturated heterocycles. The topological polar surface area (TPSA) is 55.8 Å². The van der Waals surface area contributed by atoms with Gasteiger partial charge in [-0.05, 0) is 56.2 Å². The zero-order valence-corrected chi connectivity index (χ0v) is 14.9. The van der Waals surface area contributed by atoms with Gasteiger partial charge in [-0.25, -0.2) is 0 Å². The van der Waals surface area contributed by atoms with Crippen LogP contribution in [0.5, 0.6) is 11.5 Å². The molecular weight excluding hydrogens is 330 g/mol. The fourth-order valence-electron chi connectivity index (χ4n) is 3.09. The second-order valence-electron chi connectivity index (χ2n) is 6.28. The number of esters is 1. The van der Waals surface area contributed by atoms with E-state index in [0.29, 0.717) is 31.0 Å². The van der Waals surface area contributed by atoms with Crippen LogP contribution in [0.2, 0.25) is 0 Å². The van der Waals surface area contributed by atoms with Crippen LogP contribution in [0.3, 0.4) is 0 Å². The molecule has 1 heterocycles. The number of rotatable bonds is 5. The van der Waals surface area contributed by atoms with Gasteiger partial charge in [0, 0.05) is 18.7 Å². The van der Waals surface area contributed by atoms with E-state index in [1.54, 1.807) is 36.1 Å². The van der Waals surface area contributed by atoms with Gasteiger partial charge in [-0.15, -0.1) is 0 Å². The van der Waals surface area contributed by atoms with Crippen molar-refractivity contribution in [2.75, 3.05) is 19.7 Å². The van der Waals surface area contributed by atoms with Crippen LogP contribution in [0.1, 0.15) is 30.1 Å². The van der Waals surface area contributed by atoms with E-state index in [2.05, 4.69) is 0 Å². The molecule has 0 saturated carbocycles. The van der Waals surface area contributed by atoms with Crippen molar-refractivity contribution in [3.8, 4) is 11.5 Å². The molecule has 2 aromatic rings. The van der Waals surface area contributed by atoms with Gasteiger partial charge in [-0.2, -0.15) is 0 Å². The number of nitrogens with zero attached hydrogens (tertiary/aromatic N) is 1. The number of hydrogen-bond donors (Lipinski definition) is 0. The molecule has 1 amide bonds. The maximum atomic E-state index is 12.7. The fourth-order valence-corrected chi connectivity index (χ4v) is 3.09. The Morgan fingerprint density at radius 2 is 1.73 bits per heavy atom. The third-order valence-electron chi connectivity index (χ3n) is 4.41. The summed E-state index contributed by atoms with van der Waals surface area (Å²) in [5, 5.41) is 0. The summed E-state index contributed by atoms with van der Waals surface area (Å²) in [5.74, 6) is 0.922. The van der Waals surface area contributed by atoms with Crippen molar-refractivity contribution in [3.63, 3.8) is 0 Å². The number of benzene rings is 2. The van der Waals surface area contributed by atoms with Crippen molar-refractivity contribution in [3.05, 3.63) is 60.2 Å². The second-order valence-corrected chi connectivity index (χ2v) is 6.28. The number of carbonyl (C=O) groups excluding carboxylic acids is 2. The molecule has 136 valence electrons. The van der Waals surface area contributed by atoms with Crippen LogP contribution in [-0.2, 0) is 9.53 Å². The van der Waals surface area contributed by atoms with Gasteiger partial charge >= 0.3 is 5.97 Å². The molecule has 1 fully saturated rings. The number of hydrogen-bond acceptors (Lipinski definition) is 4. The Labute approximate surface area is 153 Å². The standard InChI is InChI=1S/C21H23NO4/c1-2-25-21(24)17-7-6-14-22(15-17)20(23)16-10-12-19(13-11-16)26-18-8-4-3-5-9-18/h3-5,8-13,17H,2,6-7,14-15H2,1H3. The molecule has 2 aromatic carbocycles. The van der Waals surface area contributed by atoms with Crippen molar-refractivity contribution in [2.45, 2.75) is 19.8 Å². The van der Waals surface area contributed by atoms with Crippen LogP contribution >= 0.6 is 0 Å². The molecule has 0 spiro atoms. The average molecular weight is 353 g/mol. The lowest BCUT2D eigenvalue weighted by Crippen LogP contribution is -2.42. The molecule has 5 heteroatoms. The van der Waals surface area contributed by atoms with Crippen LogP contribution in [0, 0.1) is 5.92 Å². The number of carbonyl (C=O) groups is 2. The van der Waals surface area contributed by atoms with Crippen molar-refractivity contribution in [1.82, 2.24) is 4.90 Å². The van der Waals surface area contributed by atoms with Gasteiger partial charge in [0.25, 0.3) is 5.91 Å². The van der Waals surface area contributed by atoms with Crippen LogP contribution < -0.4 is 4.74 Å². The van der Waals surface area contributed by atoms with E-state index in [1.165, 1.54) is 0 Å². The highest BCUT2D eigenvalue weighted by atomic mass is 16.5. The molecule has 0 aliphatic carbocycles. The van der Waals surface area contributed by atoms with Gasteiger partial charge < -0.3 is 14.4 Å². The van der Waals surface area contributed by atoms with Gasteiger partial charge in [0.05, 0.1) is 12.5 Å². The number of piperidine rings is 1. The number of amides is 1. The first-order valence-corrected chi connectivity index (χ1v) is 8.96. The molecule has 1 aliphatic rings. The van der Waals surface area contributed by atoms with E-state index in [1.807, 2.05) is 30.3 Å². The lowest BCUT2D eigenvalue weighted by atomic mass is 9.97. The predicted molar refractivity (Wildman–Crippen MR) is 98.2 cm³/mol. The fraction of sp³-hybridized carbons (Fsp3) is 0.333. The molecule has 0 aromatic heterocycles. The van der Waals surface area contributed by atoms with Gasteiger partial charge in [0.15, 0.2) is 0 Å². The summed E-state index contributed by atoms with van der Waals surface area (Å²) in [4.78, 5) is 26.4. The monoisotopic (exact) mass is 353 g/mol. The Morgan fingerprint density at radius 1 is 1.04 bits per heavy atom. The second kappa shape index (κ2) is 8.52. The summed E-state index contributed by atoms with van der Waals surface area (Å²) >= 11 is 0.